The average molecular weight is 319 g/mol. The van der Waals surface area contributed by atoms with Gasteiger partial charge in [0.1, 0.15) is 4.99 Å². The first-order valence-corrected chi connectivity index (χ1v) is 7.49. The number of hydrogen-bond donors (Lipinski definition) is 2. The van der Waals surface area contributed by atoms with Gasteiger partial charge in [-0.25, -0.2) is 0 Å². The van der Waals surface area contributed by atoms with E-state index in [-0.39, 0.29) is 0 Å². The van der Waals surface area contributed by atoms with Crippen LogP contribution in [0.1, 0.15) is 12.5 Å². The first-order chi connectivity index (χ1) is 7.54. The van der Waals surface area contributed by atoms with Crippen LogP contribution in [-0.2, 0) is 0 Å². The van der Waals surface area contributed by atoms with Crippen molar-refractivity contribution in [3.05, 3.63) is 28.2 Å². The summed E-state index contributed by atoms with van der Waals surface area (Å²) in [4.78, 5) is 0.421. The maximum atomic E-state index is 5.57. The predicted molar refractivity (Wildman–Crippen MR) is 81.5 cm³/mol. The standard InChI is InChI=1S/C11H15BrN2S2/c1-7(6-16-2)14-10-4-3-8(11(13)15)5-9(10)12/h3-5,7,14H,6H2,1-2H3,(H2,13,15). The maximum Gasteiger partial charge on any atom is 0.104 e. The van der Waals surface area contributed by atoms with Crippen LogP contribution in [-0.4, -0.2) is 23.0 Å². The molecule has 0 fully saturated rings. The van der Waals surface area contributed by atoms with Crippen LogP contribution in [0.25, 0.3) is 0 Å². The molecule has 1 unspecified atom stereocenters. The van der Waals surface area contributed by atoms with E-state index in [9.17, 15) is 0 Å². The lowest BCUT2D eigenvalue weighted by Crippen LogP contribution is -2.18. The van der Waals surface area contributed by atoms with Gasteiger partial charge in [0.15, 0.2) is 0 Å². The molecule has 0 aromatic heterocycles. The predicted octanol–water partition coefficient (Wildman–Crippen LogP) is 3.25. The highest BCUT2D eigenvalue weighted by molar-refractivity contribution is 9.10. The first kappa shape index (κ1) is 13.8. The minimum Gasteiger partial charge on any atom is -0.389 e. The lowest BCUT2D eigenvalue weighted by atomic mass is 10.2. The van der Waals surface area contributed by atoms with Crippen LogP contribution in [0.15, 0.2) is 22.7 Å². The summed E-state index contributed by atoms with van der Waals surface area (Å²) in [6, 6.07) is 6.30. The fourth-order valence-corrected chi connectivity index (χ4v) is 2.55. The SMILES string of the molecule is CSCC(C)Nc1ccc(C(N)=S)cc1Br. The van der Waals surface area contributed by atoms with Gasteiger partial charge >= 0.3 is 0 Å². The molecule has 1 aromatic rings. The molecule has 16 heavy (non-hydrogen) atoms. The van der Waals surface area contributed by atoms with Crippen molar-refractivity contribution in [2.45, 2.75) is 13.0 Å². The number of anilines is 1. The molecule has 0 heterocycles. The second-order valence-electron chi connectivity index (χ2n) is 3.56. The van der Waals surface area contributed by atoms with Gasteiger partial charge in [0.25, 0.3) is 0 Å². The minimum absolute atomic E-state index is 0.421. The maximum absolute atomic E-state index is 5.57. The van der Waals surface area contributed by atoms with E-state index in [1.165, 1.54) is 0 Å². The summed E-state index contributed by atoms with van der Waals surface area (Å²) in [6.45, 7) is 2.16. The van der Waals surface area contributed by atoms with Crippen LogP contribution in [0.5, 0.6) is 0 Å². The van der Waals surface area contributed by atoms with Crippen LogP contribution in [0.2, 0.25) is 0 Å². The molecule has 1 atom stereocenters. The molecule has 0 aliphatic carbocycles. The van der Waals surface area contributed by atoms with Gasteiger partial charge in [0.05, 0.1) is 0 Å². The van der Waals surface area contributed by atoms with E-state index in [0.29, 0.717) is 11.0 Å². The highest BCUT2D eigenvalue weighted by atomic mass is 79.9. The first-order valence-electron chi connectivity index (χ1n) is 4.89. The zero-order valence-electron chi connectivity index (χ0n) is 9.29. The molecule has 0 saturated heterocycles. The Morgan fingerprint density at radius 2 is 2.31 bits per heavy atom. The molecule has 5 heteroatoms. The number of thioether (sulfide) groups is 1. The van der Waals surface area contributed by atoms with E-state index in [2.05, 4.69) is 34.4 Å². The molecular formula is C11H15BrN2S2. The van der Waals surface area contributed by atoms with Gasteiger partial charge < -0.3 is 11.1 Å². The third-order valence-electron chi connectivity index (χ3n) is 2.07. The molecule has 3 N–H and O–H groups in total. The number of thiocarbonyl (C=S) groups is 1. The minimum atomic E-state index is 0.421. The number of hydrogen-bond acceptors (Lipinski definition) is 3. The van der Waals surface area contributed by atoms with Crippen molar-refractivity contribution in [2.75, 3.05) is 17.3 Å². The van der Waals surface area contributed by atoms with E-state index in [1.54, 1.807) is 0 Å². The van der Waals surface area contributed by atoms with Gasteiger partial charge in [0, 0.05) is 27.5 Å². The fourth-order valence-electron chi connectivity index (χ4n) is 1.34. The summed E-state index contributed by atoms with van der Waals surface area (Å²) in [6.07, 6.45) is 2.10. The second-order valence-corrected chi connectivity index (χ2v) is 5.76. The Balaban J connectivity index is 2.79. The number of nitrogens with two attached hydrogens (primary N) is 1. The van der Waals surface area contributed by atoms with Gasteiger partial charge in [-0.3, -0.25) is 0 Å². The highest BCUT2D eigenvalue weighted by Crippen LogP contribution is 2.24. The zero-order chi connectivity index (χ0) is 12.1. The van der Waals surface area contributed by atoms with Gasteiger partial charge in [-0.2, -0.15) is 11.8 Å². The Morgan fingerprint density at radius 1 is 1.62 bits per heavy atom. The van der Waals surface area contributed by atoms with Gasteiger partial charge in [-0.15, -0.1) is 0 Å². The monoisotopic (exact) mass is 318 g/mol. The van der Waals surface area contributed by atoms with Crippen LogP contribution in [0.3, 0.4) is 0 Å². The van der Waals surface area contributed by atoms with Crippen molar-refractivity contribution in [1.29, 1.82) is 0 Å². The third-order valence-corrected chi connectivity index (χ3v) is 3.80. The number of halogens is 1. The lowest BCUT2D eigenvalue weighted by molar-refractivity contribution is 0.913. The summed E-state index contributed by atoms with van der Waals surface area (Å²) in [5.41, 5.74) is 7.52. The Bertz CT molecular complexity index is 382. The van der Waals surface area contributed by atoms with E-state index < -0.39 is 0 Å². The quantitative estimate of drug-likeness (QED) is 0.817. The molecule has 2 nitrogen and oxygen atoms in total. The zero-order valence-corrected chi connectivity index (χ0v) is 12.5. The molecule has 1 rings (SSSR count). The van der Waals surface area contributed by atoms with Gasteiger partial charge in [-0.05, 0) is 47.3 Å². The van der Waals surface area contributed by atoms with Crippen LogP contribution in [0.4, 0.5) is 5.69 Å². The Kier molecular flexibility index (Phi) is 5.58. The van der Waals surface area contributed by atoms with Crippen molar-refractivity contribution in [1.82, 2.24) is 0 Å². The van der Waals surface area contributed by atoms with Crippen LogP contribution < -0.4 is 11.1 Å². The molecule has 1 aromatic carbocycles. The molecule has 0 radical (unpaired) electrons. The van der Waals surface area contributed by atoms with E-state index in [1.807, 2.05) is 30.0 Å². The summed E-state index contributed by atoms with van der Waals surface area (Å²) in [5.74, 6) is 1.07. The third kappa shape index (κ3) is 3.96. The largest absolute Gasteiger partial charge is 0.389 e. The van der Waals surface area contributed by atoms with Gasteiger partial charge in [-0.1, -0.05) is 12.2 Å². The van der Waals surface area contributed by atoms with E-state index in [0.717, 1.165) is 21.5 Å². The van der Waals surface area contributed by atoms with Gasteiger partial charge in [0.2, 0.25) is 0 Å². The van der Waals surface area contributed by atoms with E-state index >= 15 is 0 Å². The lowest BCUT2D eigenvalue weighted by Gasteiger charge is -2.15. The number of nitrogens with one attached hydrogen (secondary N) is 1. The highest BCUT2D eigenvalue weighted by Gasteiger charge is 2.06. The van der Waals surface area contributed by atoms with Crippen LogP contribution >= 0.6 is 39.9 Å². The Hall–Kier alpha value is -0.260. The van der Waals surface area contributed by atoms with E-state index in [4.69, 9.17) is 18.0 Å². The van der Waals surface area contributed by atoms with Crippen molar-refractivity contribution in [2.24, 2.45) is 5.73 Å². The summed E-state index contributed by atoms with van der Waals surface area (Å²) in [7, 11) is 0. The Labute approximate surface area is 114 Å². The molecule has 0 spiro atoms. The molecule has 0 saturated carbocycles. The topological polar surface area (TPSA) is 38.0 Å². The van der Waals surface area contributed by atoms with Crippen molar-refractivity contribution >= 4 is 50.6 Å². The molecular weight excluding hydrogens is 304 g/mol. The average Bonchev–Trinajstić information content (AvgIpc) is 2.21. The van der Waals surface area contributed by atoms with Crippen molar-refractivity contribution in [3.63, 3.8) is 0 Å². The molecule has 0 bridgehead atoms. The Morgan fingerprint density at radius 3 is 2.81 bits per heavy atom. The summed E-state index contributed by atoms with van der Waals surface area (Å²) < 4.78 is 0.991. The molecule has 0 aliphatic rings. The molecule has 0 amide bonds. The summed E-state index contributed by atoms with van der Waals surface area (Å²) >= 11 is 10.3. The van der Waals surface area contributed by atoms with Crippen LogP contribution in [0, 0.1) is 0 Å². The number of benzene rings is 1. The second kappa shape index (κ2) is 6.47. The van der Waals surface area contributed by atoms with Crippen molar-refractivity contribution in [3.8, 4) is 0 Å². The normalized spacial score (nSPS) is 12.2. The van der Waals surface area contributed by atoms with Crippen molar-refractivity contribution < 1.29 is 0 Å². The smallest absolute Gasteiger partial charge is 0.104 e. The molecule has 0 aliphatic heterocycles. The summed E-state index contributed by atoms with van der Waals surface area (Å²) in [5, 5.41) is 3.43. The number of rotatable bonds is 5. The molecule has 88 valence electrons. The fraction of sp³-hybridized carbons (Fsp3) is 0.364.